The summed E-state index contributed by atoms with van der Waals surface area (Å²) in [4.78, 5) is 39.3. The molecule has 1 fully saturated rings. The standard InChI is InChI=1S/C28H24Cl2N2O5S/c1-3-36-24-12-19(7-11-23(24)37-16-26(33)31-21-10-4-17(2)22(30)14-21)13-25-27(34)32(28(35)38-25)15-18-5-8-20(29)9-6-18/h4-14H,3,15-16H2,1-2H3,(H,31,33)/b25-13-. The van der Waals surface area contributed by atoms with Gasteiger partial charge in [0.1, 0.15) is 0 Å². The number of hydrogen-bond donors (Lipinski definition) is 1. The summed E-state index contributed by atoms with van der Waals surface area (Å²) >= 11 is 12.9. The van der Waals surface area contributed by atoms with E-state index < -0.39 is 0 Å². The van der Waals surface area contributed by atoms with Crippen molar-refractivity contribution in [2.24, 2.45) is 0 Å². The summed E-state index contributed by atoms with van der Waals surface area (Å²) in [6.07, 6.45) is 1.63. The number of hydrogen-bond acceptors (Lipinski definition) is 6. The van der Waals surface area contributed by atoms with Crippen LogP contribution in [0, 0.1) is 6.92 Å². The maximum atomic E-state index is 12.9. The van der Waals surface area contributed by atoms with Crippen molar-refractivity contribution in [2.45, 2.75) is 20.4 Å². The molecule has 38 heavy (non-hydrogen) atoms. The average molecular weight is 571 g/mol. The molecule has 0 bridgehead atoms. The number of nitrogens with zero attached hydrogens (tertiary/aromatic N) is 1. The molecule has 0 unspecified atom stereocenters. The summed E-state index contributed by atoms with van der Waals surface area (Å²) in [5, 5.41) is 3.53. The fraction of sp³-hybridized carbons (Fsp3) is 0.179. The molecule has 1 N–H and O–H groups in total. The van der Waals surface area contributed by atoms with Crippen LogP contribution < -0.4 is 14.8 Å². The second-order valence-electron chi connectivity index (χ2n) is 8.33. The monoisotopic (exact) mass is 570 g/mol. The molecule has 0 saturated carbocycles. The SMILES string of the molecule is CCOc1cc(/C=C2\SC(=O)N(Cc3ccc(Cl)cc3)C2=O)ccc1OCC(=O)Nc1ccc(C)c(Cl)c1. The Labute approximate surface area is 234 Å². The van der Waals surface area contributed by atoms with Gasteiger partial charge in [-0.25, -0.2) is 0 Å². The van der Waals surface area contributed by atoms with Gasteiger partial charge in [-0.2, -0.15) is 0 Å². The molecule has 0 spiro atoms. The van der Waals surface area contributed by atoms with E-state index in [2.05, 4.69) is 5.32 Å². The lowest BCUT2D eigenvalue weighted by atomic mass is 10.1. The number of imide groups is 1. The highest BCUT2D eigenvalue weighted by Crippen LogP contribution is 2.35. The van der Waals surface area contributed by atoms with Crippen LogP contribution in [0.1, 0.15) is 23.6 Å². The lowest BCUT2D eigenvalue weighted by molar-refractivity contribution is -0.123. The molecule has 1 heterocycles. The van der Waals surface area contributed by atoms with Crippen molar-refractivity contribution in [2.75, 3.05) is 18.5 Å². The van der Waals surface area contributed by atoms with Crippen LogP contribution >= 0.6 is 35.0 Å². The van der Waals surface area contributed by atoms with Gasteiger partial charge in [-0.3, -0.25) is 19.3 Å². The van der Waals surface area contributed by atoms with Gasteiger partial charge in [0.15, 0.2) is 18.1 Å². The van der Waals surface area contributed by atoms with Gasteiger partial charge in [-0.1, -0.05) is 47.5 Å². The van der Waals surface area contributed by atoms with Crippen molar-refractivity contribution in [3.8, 4) is 11.5 Å². The van der Waals surface area contributed by atoms with Crippen LogP contribution in [-0.4, -0.2) is 35.2 Å². The van der Waals surface area contributed by atoms with Gasteiger partial charge in [0.2, 0.25) is 0 Å². The van der Waals surface area contributed by atoms with Crippen molar-refractivity contribution in [3.05, 3.63) is 92.3 Å². The maximum absolute atomic E-state index is 12.9. The first-order valence-corrected chi connectivity index (χ1v) is 13.3. The van der Waals surface area contributed by atoms with Crippen molar-refractivity contribution >= 4 is 63.8 Å². The molecule has 0 atom stereocenters. The number of carbonyl (C=O) groups excluding carboxylic acids is 3. The van der Waals surface area contributed by atoms with E-state index in [1.165, 1.54) is 4.90 Å². The predicted octanol–water partition coefficient (Wildman–Crippen LogP) is 6.95. The van der Waals surface area contributed by atoms with Gasteiger partial charge >= 0.3 is 0 Å². The second-order valence-corrected chi connectivity index (χ2v) is 10.2. The summed E-state index contributed by atoms with van der Waals surface area (Å²) in [5.41, 5.74) is 2.93. The smallest absolute Gasteiger partial charge is 0.293 e. The molecule has 196 valence electrons. The van der Waals surface area contributed by atoms with Gasteiger partial charge < -0.3 is 14.8 Å². The van der Waals surface area contributed by atoms with E-state index in [1.54, 1.807) is 60.7 Å². The van der Waals surface area contributed by atoms with Crippen LogP contribution in [0.4, 0.5) is 10.5 Å². The summed E-state index contributed by atoms with van der Waals surface area (Å²) in [6.45, 7) is 3.99. The average Bonchev–Trinajstić information content (AvgIpc) is 3.14. The van der Waals surface area contributed by atoms with Gasteiger partial charge in [0, 0.05) is 15.7 Å². The van der Waals surface area contributed by atoms with Crippen LogP contribution in [-0.2, 0) is 16.1 Å². The third kappa shape index (κ3) is 6.89. The van der Waals surface area contributed by atoms with Gasteiger partial charge in [-0.15, -0.1) is 0 Å². The molecule has 10 heteroatoms. The highest BCUT2D eigenvalue weighted by Gasteiger charge is 2.35. The first kappa shape index (κ1) is 27.6. The molecular formula is C28H24Cl2N2O5S. The molecule has 0 radical (unpaired) electrons. The molecule has 3 aromatic rings. The molecule has 0 aliphatic carbocycles. The fourth-order valence-corrected chi connectivity index (χ4v) is 4.72. The van der Waals surface area contributed by atoms with Crippen LogP contribution in [0.5, 0.6) is 11.5 Å². The van der Waals surface area contributed by atoms with E-state index in [0.29, 0.717) is 44.3 Å². The fourth-order valence-electron chi connectivity index (χ4n) is 3.57. The van der Waals surface area contributed by atoms with Crippen molar-refractivity contribution in [1.82, 2.24) is 4.90 Å². The molecule has 1 aliphatic rings. The minimum Gasteiger partial charge on any atom is -0.490 e. The van der Waals surface area contributed by atoms with E-state index >= 15 is 0 Å². The topological polar surface area (TPSA) is 84.9 Å². The molecule has 3 aromatic carbocycles. The lowest BCUT2D eigenvalue weighted by Gasteiger charge is -2.13. The highest BCUT2D eigenvalue weighted by atomic mass is 35.5. The Morgan fingerprint density at radius 1 is 1.00 bits per heavy atom. The summed E-state index contributed by atoms with van der Waals surface area (Å²) in [6, 6.07) is 17.3. The lowest BCUT2D eigenvalue weighted by Crippen LogP contribution is -2.27. The number of thioether (sulfide) groups is 1. The summed E-state index contributed by atoms with van der Waals surface area (Å²) < 4.78 is 11.4. The summed E-state index contributed by atoms with van der Waals surface area (Å²) in [7, 11) is 0. The van der Waals surface area contributed by atoms with Crippen LogP contribution in [0.3, 0.4) is 0 Å². The number of carbonyl (C=O) groups is 3. The van der Waals surface area contributed by atoms with E-state index in [0.717, 1.165) is 22.9 Å². The van der Waals surface area contributed by atoms with E-state index in [9.17, 15) is 14.4 Å². The normalized spacial score (nSPS) is 14.2. The molecule has 7 nitrogen and oxygen atoms in total. The van der Waals surface area contributed by atoms with Crippen molar-refractivity contribution < 1.29 is 23.9 Å². The Kier molecular flexibility index (Phi) is 8.99. The Balaban J connectivity index is 1.43. The van der Waals surface area contributed by atoms with E-state index in [-0.39, 0.29) is 30.2 Å². The third-order valence-corrected chi connectivity index (χ3v) is 7.07. The molecule has 1 aliphatic heterocycles. The van der Waals surface area contributed by atoms with E-state index in [1.807, 2.05) is 19.9 Å². The number of halogens is 2. The minimum absolute atomic E-state index is 0.160. The highest BCUT2D eigenvalue weighted by molar-refractivity contribution is 8.18. The zero-order valence-electron chi connectivity index (χ0n) is 20.6. The van der Waals surface area contributed by atoms with Crippen LogP contribution in [0.25, 0.3) is 6.08 Å². The molecule has 0 aromatic heterocycles. The Bertz CT molecular complexity index is 1410. The maximum Gasteiger partial charge on any atom is 0.293 e. The van der Waals surface area contributed by atoms with Crippen LogP contribution in [0.2, 0.25) is 10.0 Å². The molecular weight excluding hydrogens is 547 g/mol. The molecule has 4 rings (SSSR count). The number of amides is 3. The van der Waals surface area contributed by atoms with Crippen molar-refractivity contribution in [1.29, 1.82) is 0 Å². The summed E-state index contributed by atoms with van der Waals surface area (Å²) in [5.74, 6) is 0.0525. The first-order valence-electron chi connectivity index (χ1n) is 11.7. The second kappa shape index (κ2) is 12.4. The van der Waals surface area contributed by atoms with Gasteiger partial charge in [0.05, 0.1) is 18.1 Å². The predicted molar refractivity (Wildman–Crippen MR) is 151 cm³/mol. The Morgan fingerprint density at radius 2 is 1.76 bits per heavy atom. The number of benzene rings is 3. The molecule has 3 amide bonds. The number of aryl methyl sites for hydroxylation is 1. The zero-order chi connectivity index (χ0) is 27.2. The molecule has 1 saturated heterocycles. The minimum atomic E-state index is -0.374. The third-order valence-electron chi connectivity index (χ3n) is 5.51. The van der Waals surface area contributed by atoms with E-state index in [4.69, 9.17) is 32.7 Å². The van der Waals surface area contributed by atoms with Crippen molar-refractivity contribution in [3.63, 3.8) is 0 Å². The number of nitrogens with one attached hydrogen (secondary N) is 1. The largest absolute Gasteiger partial charge is 0.490 e. The number of anilines is 1. The number of rotatable bonds is 9. The quantitative estimate of drug-likeness (QED) is 0.280. The van der Waals surface area contributed by atoms with Gasteiger partial charge in [0.25, 0.3) is 17.1 Å². The Hall–Kier alpha value is -3.46. The Morgan fingerprint density at radius 3 is 2.47 bits per heavy atom. The van der Waals surface area contributed by atoms with Crippen LogP contribution in [0.15, 0.2) is 65.6 Å². The number of ether oxygens (including phenoxy) is 2. The first-order chi connectivity index (χ1) is 18.2. The van der Waals surface area contributed by atoms with Gasteiger partial charge in [-0.05, 0) is 84.8 Å². The zero-order valence-corrected chi connectivity index (χ0v) is 23.0.